The Balaban J connectivity index is 1.37. The van der Waals surface area contributed by atoms with Crippen LogP contribution in [-0.2, 0) is 61.7 Å². The van der Waals surface area contributed by atoms with Gasteiger partial charge in [0, 0.05) is 75.4 Å². The molecule has 5 aromatic rings. The van der Waals surface area contributed by atoms with Crippen molar-refractivity contribution in [2.24, 2.45) is 13.0 Å². The number of likely N-dealkylation sites (N-methyl/N-ethyl adjacent to an activating group) is 2. The standard InChI is InChI=1S/C55H69ClN8O7/c1-35-16-19-42(49(26-35)71-46-24-20-41(21-25-46)48-31-57-50(63(48)9)33-60(5)6)32-64-38(4)53(67)59-47(34-70-10)55(69)62(8)45(28-40-17-22-44(56)23-18-40)30-51(65)58-36(2)37(3)61(7)54(68)43(29-52(64)66)27-39-14-12-11-13-15-39/h11-26,31,36-38,43,45,47H,27-30,32-34H2,1-10H3,(H,58,65)(H,59,67)/t36-,37-,38-,43+,45-,47-/m0/s1. The topological polar surface area (TPSA) is 159 Å². The SMILES string of the molecule is COC[C@@H]1NC(=O)[C@H](C)N(Cc2ccc(C)cc2Oc2ccc(-c3cnc(CN(C)C)n3C)cc2)C(=O)C[C@@H](Cc2ccccc2)C(=O)N(C)[C@@H](C)[C@H](C)NC(=O)C[C@H](Cc2ccc(Cl)cc2)N(C)C1=O. The van der Waals surface area contributed by atoms with Crippen LogP contribution in [0, 0.1) is 12.8 Å². The van der Waals surface area contributed by atoms with Gasteiger partial charge in [-0.2, -0.15) is 0 Å². The lowest BCUT2D eigenvalue weighted by Gasteiger charge is -2.36. The molecule has 4 aromatic carbocycles. The number of carbonyl (C=O) groups excluding carboxylic acids is 5. The van der Waals surface area contributed by atoms with Crippen molar-refractivity contribution in [3.63, 3.8) is 0 Å². The molecule has 2 heterocycles. The number of aromatic nitrogens is 2. The largest absolute Gasteiger partial charge is 0.457 e. The van der Waals surface area contributed by atoms with Gasteiger partial charge in [0.1, 0.15) is 29.4 Å². The van der Waals surface area contributed by atoms with E-state index in [-0.39, 0.29) is 44.2 Å². The highest BCUT2D eigenvalue weighted by atomic mass is 35.5. The molecule has 1 aliphatic rings. The summed E-state index contributed by atoms with van der Waals surface area (Å²) in [4.78, 5) is 84.1. The fourth-order valence-corrected chi connectivity index (χ4v) is 8.99. The third-order valence-corrected chi connectivity index (χ3v) is 13.7. The number of hydrogen-bond acceptors (Lipinski definition) is 9. The third kappa shape index (κ3) is 14.1. The van der Waals surface area contributed by atoms with Crippen LogP contribution in [0.4, 0.5) is 0 Å². The van der Waals surface area contributed by atoms with Crippen LogP contribution in [0.25, 0.3) is 11.3 Å². The zero-order chi connectivity index (χ0) is 51.5. The van der Waals surface area contributed by atoms with Gasteiger partial charge in [-0.3, -0.25) is 24.0 Å². The molecular formula is C55H69ClN8O7. The van der Waals surface area contributed by atoms with Crippen LogP contribution in [0.1, 0.15) is 61.7 Å². The molecule has 1 fully saturated rings. The summed E-state index contributed by atoms with van der Waals surface area (Å²) >= 11 is 6.21. The summed E-state index contributed by atoms with van der Waals surface area (Å²) < 4.78 is 14.2. The van der Waals surface area contributed by atoms with E-state index in [1.165, 1.54) is 16.9 Å². The average molecular weight is 990 g/mol. The Kier molecular flexibility index (Phi) is 18.6. The molecule has 378 valence electrons. The number of halogens is 1. The van der Waals surface area contributed by atoms with E-state index in [1.807, 2.05) is 133 Å². The van der Waals surface area contributed by atoms with Gasteiger partial charge in [-0.1, -0.05) is 66.2 Å². The quantitative estimate of drug-likeness (QED) is 0.129. The first kappa shape index (κ1) is 53.8. The maximum Gasteiger partial charge on any atom is 0.247 e. The predicted molar refractivity (Wildman–Crippen MR) is 276 cm³/mol. The molecule has 0 bridgehead atoms. The Morgan fingerprint density at radius 2 is 1.46 bits per heavy atom. The van der Waals surface area contributed by atoms with Gasteiger partial charge in [-0.05, 0) is 114 Å². The van der Waals surface area contributed by atoms with Gasteiger partial charge in [0.15, 0.2) is 0 Å². The van der Waals surface area contributed by atoms with E-state index in [0.717, 1.165) is 33.8 Å². The maximum atomic E-state index is 15.1. The Hall–Kier alpha value is -6.55. The molecule has 1 aliphatic heterocycles. The van der Waals surface area contributed by atoms with Crippen LogP contribution < -0.4 is 15.4 Å². The lowest BCUT2D eigenvalue weighted by molar-refractivity contribution is -0.147. The summed E-state index contributed by atoms with van der Waals surface area (Å²) in [6.45, 7) is 7.68. The summed E-state index contributed by atoms with van der Waals surface area (Å²) in [5.74, 6) is -1.04. The van der Waals surface area contributed by atoms with Crippen molar-refractivity contribution >= 4 is 41.1 Å². The van der Waals surface area contributed by atoms with Crippen molar-refractivity contribution < 1.29 is 33.4 Å². The molecule has 0 radical (unpaired) electrons. The van der Waals surface area contributed by atoms with Gasteiger partial charge in [0.25, 0.3) is 0 Å². The van der Waals surface area contributed by atoms with Crippen LogP contribution >= 0.6 is 11.6 Å². The second kappa shape index (κ2) is 24.5. The zero-order valence-corrected chi connectivity index (χ0v) is 43.4. The van der Waals surface area contributed by atoms with Gasteiger partial charge < -0.3 is 44.3 Å². The first-order valence-electron chi connectivity index (χ1n) is 24.1. The van der Waals surface area contributed by atoms with Gasteiger partial charge in [0.05, 0.1) is 37.5 Å². The number of benzene rings is 4. The number of hydrogen-bond donors (Lipinski definition) is 2. The van der Waals surface area contributed by atoms with Crippen LogP contribution in [0.2, 0.25) is 5.02 Å². The lowest BCUT2D eigenvalue weighted by atomic mass is 9.92. The van der Waals surface area contributed by atoms with E-state index < -0.39 is 53.8 Å². The number of methoxy groups -OCH3 is 1. The van der Waals surface area contributed by atoms with Crippen LogP contribution in [-0.4, -0.2) is 131 Å². The normalized spacial score (nSPS) is 21.2. The fourth-order valence-electron chi connectivity index (χ4n) is 8.86. The van der Waals surface area contributed by atoms with Gasteiger partial charge >= 0.3 is 0 Å². The number of aryl methyl sites for hydroxylation is 1. The maximum absolute atomic E-state index is 15.1. The number of nitrogens with zero attached hydrogens (tertiary/aromatic N) is 6. The smallest absolute Gasteiger partial charge is 0.247 e. The molecule has 1 saturated heterocycles. The summed E-state index contributed by atoms with van der Waals surface area (Å²) in [6, 6.07) is 26.0. The van der Waals surface area contributed by atoms with E-state index in [9.17, 15) is 19.2 Å². The van der Waals surface area contributed by atoms with E-state index in [0.29, 0.717) is 35.1 Å². The van der Waals surface area contributed by atoms with Gasteiger partial charge in [0.2, 0.25) is 29.5 Å². The number of carbonyl (C=O) groups is 5. The predicted octanol–water partition coefficient (Wildman–Crippen LogP) is 6.83. The van der Waals surface area contributed by atoms with Crippen LogP contribution in [0.5, 0.6) is 11.5 Å². The molecule has 5 amide bonds. The highest BCUT2D eigenvalue weighted by Gasteiger charge is 2.37. The first-order chi connectivity index (χ1) is 33.8. The second-order valence-electron chi connectivity index (χ2n) is 19.1. The van der Waals surface area contributed by atoms with Crippen molar-refractivity contribution in [2.45, 2.75) is 96.7 Å². The van der Waals surface area contributed by atoms with Crippen molar-refractivity contribution in [2.75, 3.05) is 41.9 Å². The van der Waals surface area contributed by atoms with Crippen molar-refractivity contribution in [3.8, 4) is 22.8 Å². The molecule has 15 nitrogen and oxygen atoms in total. The third-order valence-electron chi connectivity index (χ3n) is 13.5. The second-order valence-corrected chi connectivity index (χ2v) is 19.5. The number of nitrogens with one attached hydrogen (secondary N) is 2. The summed E-state index contributed by atoms with van der Waals surface area (Å²) in [7, 11) is 10.7. The molecule has 6 atom stereocenters. The molecule has 16 heteroatoms. The minimum Gasteiger partial charge on any atom is -0.457 e. The minimum atomic E-state index is -1.18. The molecule has 2 N–H and O–H groups in total. The number of ether oxygens (including phenoxy) is 2. The highest BCUT2D eigenvalue weighted by Crippen LogP contribution is 2.32. The molecule has 0 spiro atoms. The van der Waals surface area contributed by atoms with E-state index in [2.05, 4.69) is 25.1 Å². The number of imidazole rings is 1. The summed E-state index contributed by atoms with van der Waals surface area (Å²) in [5.41, 5.74) is 5.15. The average Bonchev–Trinajstić information content (AvgIpc) is 3.70. The number of amides is 5. The van der Waals surface area contributed by atoms with Gasteiger partial charge in [-0.25, -0.2) is 4.98 Å². The molecule has 1 aromatic heterocycles. The highest BCUT2D eigenvalue weighted by molar-refractivity contribution is 6.30. The number of rotatable bonds is 13. The Bertz CT molecular complexity index is 2620. The first-order valence-corrected chi connectivity index (χ1v) is 24.4. The Morgan fingerprint density at radius 3 is 2.13 bits per heavy atom. The Morgan fingerprint density at radius 1 is 0.789 bits per heavy atom. The zero-order valence-electron chi connectivity index (χ0n) is 42.6. The molecular weight excluding hydrogens is 920 g/mol. The van der Waals surface area contributed by atoms with Gasteiger partial charge in [-0.15, -0.1) is 0 Å². The van der Waals surface area contributed by atoms with Crippen molar-refractivity contribution in [1.29, 1.82) is 0 Å². The molecule has 71 heavy (non-hydrogen) atoms. The molecule has 0 unspecified atom stereocenters. The summed E-state index contributed by atoms with van der Waals surface area (Å²) in [6.07, 6.45) is 2.08. The Labute approximate surface area is 423 Å². The van der Waals surface area contributed by atoms with E-state index in [1.54, 1.807) is 38.1 Å². The lowest BCUT2D eigenvalue weighted by Crippen LogP contribution is -2.58. The minimum absolute atomic E-state index is 0.0711. The van der Waals surface area contributed by atoms with E-state index in [4.69, 9.17) is 21.1 Å². The van der Waals surface area contributed by atoms with Crippen LogP contribution in [0.15, 0.2) is 103 Å². The molecule has 0 saturated carbocycles. The van der Waals surface area contributed by atoms with Crippen LogP contribution in [0.3, 0.4) is 0 Å². The molecule has 6 rings (SSSR count). The van der Waals surface area contributed by atoms with E-state index >= 15 is 4.79 Å². The summed E-state index contributed by atoms with van der Waals surface area (Å²) in [5, 5.41) is 6.50. The fraction of sp³-hybridized carbons (Fsp3) is 0.418. The van der Waals surface area contributed by atoms with Crippen molar-refractivity contribution in [3.05, 3.63) is 136 Å². The molecule has 0 aliphatic carbocycles. The van der Waals surface area contributed by atoms with Crippen molar-refractivity contribution in [1.82, 2.24) is 39.8 Å². The monoisotopic (exact) mass is 988 g/mol.